The maximum Gasteiger partial charge on any atom is 0.253 e. The van der Waals surface area contributed by atoms with Gasteiger partial charge in [0.1, 0.15) is 11.9 Å². The van der Waals surface area contributed by atoms with Gasteiger partial charge in [-0.1, -0.05) is 0 Å². The summed E-state index contributed by atoms with van der Waals surface area (Å²) in [5.74, 6) is -0.0408. The molecule has 1 atom stereocenters. The van der Waals surface area contributed by atoms with Crippen LogP contribution >= 0.6 is 0 Å². The standard InChI is InChI=1S/C10H13NO3/c1-7(14-2)10(13)11-8-3-5-9(12)6-4-8/h3-7,12H,1-2H3,(H,11,13). The van der Waals surface area contributed by atoms with Crippen LogP contribution in [-0.2, 0) is 9.53 Å². The summed E-state index contributed by atoms with van der Waals surface area (Å²) in [5.41, 5.74) is 0.636. The first-order valence-electron chi connectivity index (χ1n) is 4.26. The highest BCUT2D eigenvalue weighted by Gasteiger charge is 2.10. The van der Waals surface area contributed by atoms with E-state index in [2.05, 4.69) is 5.32 Å². The highest BCUT2D eigenvalue weighted by molar-refractivity contribution is 5.93. The van der Waals surface area contributed by atoms with E-state index in [-0.39, 0.29) is 11.7 Å². The Labute approximate surface area is 82.5 Å². The fourth-order valence-corrected chi connectivity index (χ4v) is 0.896. The second-order valence-electron chi connectivity index (χ2n) is 2.91. The largest absolute Gasteiger partial charge is 0.508 e. The molecule has 1 rings (SSSR count). The average molecular weight is 195 g/mol. The molecular formula is C10H13NO3. The van der Waals surface area contributed by atoms with Crippen LogP contribution in [0.5, 0.6) is 5.75 Å². The Bertz CT molecular complexity index is 308. The summed E-state index contributed by atoms with van der Waals surface area (Å²) >= 11 is 0. The smallest absolute Gasteiger partial charge is 0.253 e. The third kappa shape index (κ3) is 2.74. The van der Waals surface area contributed by atoms with Crippen LogP contribution in [0.2, 0.25) is 0 Å². The van der Waals surface area contributed by atoms with Gasteiger partial charge in [-0.25, -0.2) is 0 Å². The fourth-order valence-electron chi connectivity index (χ4n) is 0.896. The molecule has 0 aliphatic heterocycles. The SMILES string of the molecule is COC(C)C(=O)Nc1ccc(O)cc1. The molecule has 1 aromatic rings. The summed E-state index contributed by atoms with van der Waals surface area (Å²) in [6.07, 6.45) is -0.483. The number of phenols is 1. The van der Waals surface area contributed by atoms with Crippen molar-refractivity contribution in [1.29, 1.82) is 0 Å². The average Bonchev–Trinajstić information content (AvgIpc) is 2.20. The van der Waals surface area contributed by atoms with E-state index in [1.165, 1.54) is 19.2 Å². The van der Waals surface area contributed by atoms with Gasteiger partial charge in [0.2, 0.25) is 0 Å². The van der Waals surface area contributed by atoms with Crippen molar-refractivity contribution in [2.24, 2.45) is 0 Å². The molecule has 1 amide bonds. The van der Waals surface area contributed by atoms with E-state index < -0.39 is 6.10 Å². The zero-order valence-electron chi connectivity index (χ0n) is 8.15. The molecule has 1 unspecified atom stereocenters. The van der Waals surface area contributed by atoms with E-state index in [9.17, 15) is 4.79 Å². The first-order valence-corrected chi connectivity index (χ1v) is 4.26. The van der Waals surface area contributed by atoms with E-state index in [4.69, 9.17) is 9.84 Å². The summed E-state index contributed by atoms with van der Waals surface area (Å²) in [7, 11) is 1.47. The van der Waals surface area contributed by atoms with Crippen LogP contribution in [-0.4, -0.2) is 24.2 Å². The van der Waals surface area contributed by atoms with E-state index >= 15 is 0 Å². The highest BCUT2D eigenvalue weighted by Crippen LogP contribution is 2.13. The molecule has 76 valence electrons. The van der Waals surface area contributed by atoms with Gasteiger partial charge in [-0.05, 0) is 31.2 Å². The number of hydrogen-bond acceptors (Lipinski definition) is 3. The Balaban J connectivity index is 2.60. The van der Waals surface area contributed by atoms with Crippen LogP contribution in [0, 0.1) is 0 Å². The van der Waals surface area contributed by atoms with Gasteiger partial charge in [0, 0.05) is 12.8 Å². The van der Waals surface area contributed by atoms with Crippen molar-refractivity contribution >= 4 is 11.6 Å². The van der Waals surface area contributed by atoms with Crippen molar-refractivity contribution in [3.63, 3.8) is 0 Å². The van der Waals surface area contributed by atoms with Gasteiger partial charge in [0.25, 0.3) is 5.91 Å². The van der Waals surface area contributed by atoms with Gasteiger partial charge in [-0.15, -0.1) is 0 Å². The van der Waals surface area contributed by atoms with Crippen molar-refractivity contribution in [3.05, 3.63) is 24.3 Å². The Morgan fingerprint density at radius 3 is 2.50 bits per heavy atom. The highest BCUT2D eigenvalue weighted by atomic mass is 16.5. The topological polar surface area (TPSA) is 58.6 Å². The van der Waals surface area contributed by atoms with Crippen molar-refractivity contribution in [2.45, 2.75) is 13.0 Å². The monoisotopic (exact) mass is 195 g/mol. The third-order valence-electron chi connectivity index (χ3n) is 1.86. The zero-order valence-corrected chi connectivity index (χ0v) is 8.15. The van der Waals surface area contributed by atoms with E-state index in [0.29, 0.717) is 5.69 Å². The van der Waals surface area contributed by atoms with Crippen LogP contribution in [0.1, 0.15) is 6.92 Å². The molecule has 0 radical (unpaired) electrons. The predicted octanol–water partition coefficient (Wildman–Crippen LogP) is 1.37. The summed E-state index contributed by atoms with van der Waals surface area (Å²) < 4.78 is 4.85. The van der Waals surface area contributed by atoms with Gasteiger partial charge in [-0.2, -0.15) is 0 Å². The Hall–Kier alpha value is -1.55. The quantitative estimate of drug-likeness (QED) is 0.716. The molecule has 0 aliphatic rings. The van der Waals surface area contributed by atoms with Crippen molar-refractivity contribution in [1.82, 2.24) is 0 Å². The van der Waals surface area contributed by atoms with Crippen molar-refractivity contribution in [2.75, 3.05) is 12.4 Å². The second-order valence-corrected chi connectivity index (χ2v) is 2.91. The molecule has 0 aliphatic carbocycles. The second kappa shape index (κ2) is 4.62. The molecule has 2 N–H and O–H groups in total. The summed E-state index contributed by atoms with van der Waals surface area (Å²) in [4.78, 5) is 11.3. The van der Waals surface area contributed by atoms with Gasteiger partial charge in [-0.3, -0.25) is 4.79 Å². The molecular weight excluding hydrogens is 182 g/mol. The Kier molecular flexibility index (Phi) is 3.48. The number of anilines is 1. The molecule has 4 heteroatoms. The first kappa shape index (κ1) is 10.5. The zero-order chi connectivity index (χ0) is 10.6. The molecule has 0 bridgehead atoms. The van der Waals surface area contributed by atoms with Gasteiger partial charge < -0.3 is 15.2 Å². The number of nitrogens with one attached hydrogen (secondary N) is 1. The van der Waals surface area contributed by atoms with Crippen LogP contribution in [0.4, 0.5) is 5.69 Å². The van der Waals surface area contributed by atoms with E-state index in [1.807, 2.05) is 0 Å². The first-order chi connectivity index (χ1) is 6.63. The number of phenolic OH excluding ortho intramolecular Hbond substituents is 1. The fraction of sp³-hybridized carbons (Fsp3) is 0.300. The molecule has 0 aromatic heterocycles. The molecule has 0 fully saturated rings. The minimum atomic E-state index is -0.483. The molecule has 0 saturated heterocycles. The third-order valence-corrected chi connectivity index (χ3v) is 1.86. The van der Waals surface area contributed by atoms with Crippen LogP contribution in [0.3, 0.4) is 0 Å². The Morgan fingerprint density at radius 1 is 1.43 bits per heavy atom. The molecule has 0 saturated carbocycles. The number of methoxy groups -OCH3 is 1. The lowest BCUT2D eigenvalue weighted by atomic mass is 10.3. The molecule has 1 aromatic carbocycles. The van der Waals surface area contributed by atoms with Crippen LogP contribution in [0.15, 0.2) is 24.3 Å². The van der Waals surface area contributed by atoms with Crippen LogP contribution in [0.25, 0.3) is 0 Å². The normalized spacial score (nSPS) is 12.1. The molecule has 4 nitrogen and oxygen atoms in total. The minimum Gasteiger partial charge on any atom is -0.508 e. The summed E-state index contributed by atoms with van der Waals surface area (Å²) in [6, 6.07) is 6.26. The summed E-state index contributed by atoms with van der Waals surface area (Å²) in [5, 5.41) is 11.7. The summed E-state index contributed by atoms with van der Waals surface area (Å²) in [6.45, 7) is 1.66. The number of carbonyl (C=O) groups is 1. The number of carbonyl (C=O) groups excluding carboxylic acids is 1. The van der Waals surface area contributed by atoms with Crippen molar-refractivity contribution in [3.8, 4) is 5.75 Å². The Morgan fingerprint density at radius 2 is 2.00 bits per heavy atom. The maximum atomic E-state index is 11.3. The number of rotatable bonds is 3. The number of benzene rings is 1. The van der Waals surface area contributed by atoms with Gasteiger partial charge >= 0.3 is 0 Å². The maximum absolute atomic E-state index is 11.3. The van der Waals surface area contributed by atoms with Crippen LogP contribution < -0.4 is 5.32 Å². The number of aromatic hydroxyl groups is 1. The molecule has 0 heterocycles. The lowest BCUT2D eigenvalue weighted by Gasteiger charge is -2.10. The predicted molar refractivity (Wildman–Crippen MR) is 53.2 cm³/mol. The minimum absolute atomic E-state index is 0.169. The van der Waals surface area contributed by atoms with E-state index in [0.717, 1.165) is 0 Å². The lowest BCUT2D eigenvalue weighted by Crippen LogP contribution is -2.26. The van der Waals surface area contributed by atoms with Gasteiger partial charge in [0.05, 0.1) is 0 Å². The number of ether oxygens (including phenoxy) is 1. The number of amides is 1. The lowest BCUT2D eigenvalue weighted by molar-refractivity contribution is -0.124. The number of hydrogen-bond donors (Lipinski definition) is 2. The molecule has 0 spiro atoms. The van der Waals surface area contributed by atoms with Crippen molar-refractivity contribution < 1.29 is 14.6 Å². The van der Waals surface area contributed by atoms with E-state index in [1.54, 1.807) is 19.1 Å². The molecule has 14 heavy (non-hydrogen) atoms. The van der Waals surface area contributed by atoms with Gasteiger partial charge in [0.15, 0.2) is 0 Å².